The molecule has 0 aliphatic carbocycles. The van der Waals surface area contributed by atoms with Crippen LogP contribution in [0.5, 0.6) is 5.88 Å². The van der Waals surface area contributed by atoms with E-state index in [0.29, 0.717) is 11.7 Å². The number of nitrogens with one attached hydrogen (secondary N) is 1. The monoisotopic (exact) mass is 217 g/mol. The first kappa shape index (κ1) is 8.29. The van der Waals surface area contributed by atoms with Gasteiger partial charge in [-0.1, -0.05) is 0 Å². The van der Waals surface area contributed by atoms with E-state index in [0.717, 1.165) is 4.47 Å². The highest BCUT2D eigenvalue weighted by atomic mass is 79.9. The molecule has 0 aliphatic heterocycles. The Labute approximate surface area is 72.9 Å². The Kier molecular flexibility index (Phi) is 2.67. The van der Waals surface area contributed by atoms with Crippen molar-refractivity contribution < 1.29 is 4.74 Å². The van der Waals surface area contributed by atoms with Gasteiger partial charge in [-0.25, -0.2) is 5.84 Å². The Morgan fingerprint density at radius 3 is 2.91 bits per heavy atom. The predicted octanol–water partition coefficient (Wildman–Crippen LogP) is 1.14. The van der Waals surface area contributed by atoms with Crippen molar-refractivity contribution >= 4 is 21.7 Å². The number of rotatable bonds is 2. The summed E-state index contributed by atoms with van der Waals surface area (Å²) in [6.45, 7) is 0. The first-order valence-corrected chi connectivity index (χ1v) is 3.74. The van der Waals surface area contributed by atoms with Gasteiger partial charge in [0.15, 0.2) is 5.82 Å². The number of hydrogen-bond acceptors (Lipinski definition) is 4. The zero-order valence-electron chi connectivity index (χ0n) is 5.97. The largest absolute Gasteiger partial charge is 0.481 e. The smallest absolute Gasteiger partial charge is 0.215 e. The predicted molar refractivity (Wildman–Crippen MR) is 46.3 cm³/mol. The summed E-state index contributed by atoms with van der Waals surface area (Å²) in [6.07, 6.45) is 0. The van der Waals surface area contributed by atoms with Gasteiger partial charge in [0.25, 0.3) is 0 Å². The Balaban J connectivity index is 3.02. The minimum absolute atomic E-state index is 0.529. The van der Waals surface area contributed by atoms with Gasteiger partial charge in [-0.2, -0.15) is 4.98 Å². The molecule has 0 radical (unpaired) electrons. The Bertz CT molecular complexity index is 254. The lowest BCUT2D eigenvalue weighted by Crippen LogP contribution is -2.09. The molecule has 1 aromatic heterocycles. The highest BCUT2D eigenvalue weighted by Crippen LogP contribution is 2.21. The van der Waals surface area contributed by atoms with Gasteiger partial charge < -0.3 is 10.2 Å². The van der Waals surface area contributed by atoms with E-state index in [9.17, 15) is 0 Å². The van der Waals surface area contributed by atoms with Crippen LogP contribution in [0.25, 0.3) is 0 Å². The van der Waals surface area contributed by atoms with Crippen LogP contribution in [0.15, 0.2) is 16.6 Å². The summed E-state index contributed by atoms with van der Waals surface area (Å²) in [7, 11) is 1.55. The number of halogens is 1. The molecule has 0 spiro atoms. The van der Waals surface area contributed by atoms with Crippen molar-refractivity contribution in [1.82, 2.24) is 4.98 Å². The van der Waals surface area contributed by atoms with Gasteiger partial charge in [-0.15, -0.1) is 0 Å². The molecule has 1 heterocycles. The summed E-state index contributed by atoms with van der Waals surface area (Å²) in [5.74, 6) is 6.26. The van der Waals surface area contributed by atoms with Crippen LogP contribution < -0.4 is 16.0 Å². The van der Waals surface area contributed by atoms with E-state index in [1.54, 1.807) is 19.2 Å². The number of ether oxygens (including phenoxy) is 1. The first-order chi connectivity index (χ1) is 5.27. The van der Waals surface area contributed by atoms with Crippen LogP contribution >= 0.6 is 15.9 Å². The molecular formula is C6H8BrN3O. The van der Waals surface area contributed by atoms with Crippen molar-refractivity contribution in [3.63, 3.8) is 0 Å². The molecule has 0 atom stereocenters. The lowest BCUT2D eigenvalue weighted by atomic mass is 10.4. The third kappa shape index (κ3) is 1.81. The van der Waals surface area contributed by atoms with Crippen LogP contribution in [-0.4, -0.2) is 12.1 Å². The lowest BCUT2D eigenvalue weighted by molar-refractivity contribution is 0.398. The third-order valence-electron chi connectivity index (χ3n) is 1.17. The van der Waals surface area contributed by atoms with E-state index in [1.807, 2.05) is 0 Å². The maximum absolute atomic E-state index is 5.18. The van der Waals surface area contributed by atoms with Crippen molar-refractivity contribution in [1.29, 1.82) is 0 Å². The molecule has 11 heavy (non-hydrogen) atoms. The van der Waals surface area contributed by atoms with Gasteiger partial charge in [0.05, 0.1) is 11.6 Å². The number of aromatic nitrogens is 1. The highest BCUT2D eigenvalue weighted by Gasteiger charge is 2.00. The molecule has 0 aromatic carbocycles. The normalized spacial score (nSPS) is 9.36. The number of nitrogen functional groups attached to an aromatic ring is 1. The topological polar surface area (TPSA) is 60.2 Å². The van der Waals surface area contributed by atoms with Gasteiger partial charge in [0.2, 0.25) is 5.88 Å². The second-order valence-electron chi connectivity index (χ2n) is 1.83. The fourth-order valence-corrected chi connectivity index (χ4v) is 0.974. The number of nitrogens with two attached hydrogens (primary N) is 1. The zero-order valence-corrected chi connectivity index (χ0v) is 7.55. The summed E-state index contributed by atoms with van der Waals surface area (Å²) in [6, 6.07) is 3.55. The fraction of sp³-hybridized carbons (Fsp3) is 0.167. The standard InChI is InChI=1S/C6H8BrN3O/c1-11-5-3-2-4(7)6(9-5)10-8/h2-3H,8H2,1H3,(H,9,10). The van der Waals surface area contributed by atoms with Crippen LogP contribution in [0.4, 0.5) is 5.82 Å². The third-order valence-corrected chi connectivity index (χ3v) is 1.81. The van der Waals surface area contributed by atoms with Crippen molar-refractivity contribution in [3.05, 3.63) is 16.6 Å². The number of hydrazine groups is 1. The van der Waals surface area contributed by atoms with Gasteiger partial charge >= 0.3 is 0 Å². The minimum Gasteiger partial charge on any atom is -0.481 e. The van der Waals surface area contributed by atoms with Crippen molar-refractivity contribution in [2.45, 2.75) is 0 Å². The van der Waals surface area contributed by atoms with Crippen LogP contribution in [0.2, 0.25) is 0 Å². The van der Waals surface area contributed by atoms with Gasteiger partial charge in [0, 0.05) is 6.07 Å². The minimum atomic E-state index is 0.529. The van der Waals surface area contributed by atoms with Crippen molar-refractivity contribution in [3.8, 4) is 5.88 Å². The zero-order chi connectivity index (χ0) is 8.27. The maximum atomic E-state index is 5.18. The van der Waals surface area contributed by atoms with E-state index in [1.165, 1.54) is 0 Å². The average molecular weight is 218 g/mol. The molecule has 0 fully saturated rings. The molecule has 0 bridgehead atoms. The molecule has 1 rings (SSSR count). The summed E-state index contributed by atoms with van der Waals surface area (Å²) < 4.78 is 5.69. The maximum Gasteiger partial charge on any atom is 0.215 e. The fourth-order valence-electron chi connectivity index (χ4n) is 0.639. The van der Waals surface area contributed by atoms with Crippen LogP contribution in [-0.2, 0) is 0 Å². The van der Waals surface area contributed by atoms with Crippen LogP contribution in [0.3, 0.4) is 0 Å². The summed E-state index contributed by atoms with van der Waals surface area (Å²) >= 11 is 3.26. The van der Waals surface area contributed by atoms with E-state index in [2.05, 4.69) is 26.3 Å². The highest BCUT2D eigenvalue weighted by molar-refractivity contribution is 9.10. The summed E-state index contributed by atoms with van der Waals surface area (Å²) in [5, 5.41) is 0. The van der Waals surface area contributed by atoms with Gasteiger partial charge in [0.1, 0.15) is 0 Å². The molecule has 0 saturated carbocycles. The van der Waals surface area contributed by atoms with Crippen molar-refractivity contribution in [2.75, 3.05) is 12.5 Å². The number of hydrogen-bond donors (Lipinski definition) is 2. The number of anilines is 1. The second kappa shape index (κ2) is 3.54. The SMILES string of the molecule is COc1ccc(Br)c(NN)n1. The van der Waals surface area contributed by atoms with E-state index in [4.69, 9.17) is 10.6 Å². The second-order valence-corrected chi connectivity index (χ2v) is 2.68. The summed E-state index contributed by atoms with van der Waals surface area (Å²) in [5.41, 5.74) is 2.43. The number of methoxy groups -OCH3 is 1. The molecule has 60 valence electrons. The molecule has 0 aliphatic rings. The molecule has 0 unspecified atom stereocenters. The Hall–Kier alpha value is -0.810. The van der Waals surface area contributed by atoms with Gasteiger partial charge in [-0.05, 0) is 22.0 Å². The number of pyridine rings is 1. The quantitative estimate of drug-likeness (QED) is 0.577. The van der Waals surface area contributed by atoms with Crippen molar-refractivity contribution in [2.24, 2.45) is 5.84 Å². The van der Waals surface area contributed by atoms with Gasteiger partial charge in [-0.3, -0.25) is 0 Å². The van der Waals surface area contributed by atoms with Crippen LogP contribution in [0.1, 0.15) is 0 Å². The molecular weight excluding hydrogens is 210 g/mol. The molecule has 0 saturated heterocycles. The Morgan fingerprint density at radius 1 is 1.64 bits per heavy atom. The number of nitrogens with zero attached hydrogens (tertiary/aromatic N) is 1. The molecule has 5 heteroatoms. The molecule has 3 N–H and O–H groups in total. The lowest BCUT2D eigenvalue weighted by Gasteiger charge is -2.03. The van der Waals surface area contributed by atoms with E-state index < -0.39 is 0 Å². The first-order valence-electron chi connectivity index (χ1n) is 2.95. The van der Waals surface area contributed by atoms with E-state index in [-0.39, 0.29) is 0 Å². The molecule has 4 nitrogen and oxygen atoms in total. The average Bonchev–Trinajstić information content (AvgIpc) is 2.05. The Morgan fingerprint density at radius 2 is 2.36 bits per heavy atom. The molecule has 1 aromatic rings. The molecule has 0 amide bonds. The summed E-state index contributed by atoms with van der Waals surface area (Å²) in [4.78, 5) is 4.00. The van der Waals surface area contributed by atoms with E-state index >= 15 is 0 Å². The van der Waals surface area contributed by atoms with Crippen LogP contribution in [0, 0.1) is 0 Å².